The Morgan fingerprint density at radius 3 is 2.50 bits per heavy atom. The van der Waals surface area contributed by atoms with Crippen molar-refractivity contribution < 1.29 is 0 Å². The Balaban J connectivity index is 1.97. The van der Waals surface area contributed by atoms with Gasteiger partial charge >= 0.3 is 0 Å². The standard InChI is InChI=1S/C16H25NS/c1-10-5-6-11-13(10)14-12(15(14,2)3)7-8-16(11,4)17-9-18/h10-14H,5-8H2,1-4H3/t10-,11+,12-,13+,14-,16+/m1/s1. The van der Waals surface area contributed by atoms with Crippen LogP contribution < -0.4 is 0 Å². The summed E-state index contributed by atoms with van der Waals surface area (Å²) in [6, 6.07) is 0. The van der Waals surface area contributed by atoms with E-state index in [1.165, 1.54) is 25.7 Å². The van der Waals surface area contributed by atoms with Gasteiger partial charge in [0.25, 0.3) is 0 Å². The molecule has 6 atom stereocenters. The van der Waals surface area contributed by atoms with E-state index in [0.29, 0.717) is 5.41 Å². The van der Waals surface area contributed by atoms with Crippen molar-refractivity contribution in [3.8, 4) is 0 Å². The number of rotatable bonds is 1. The Morgan fingerprint density at radius 1 is 1.11 bits per heavy atom. The fourth-order valence-electron chi connectivity index (χ4n) is 5.53. The number of hydrogen-bond donors (Lipinski definition) is 0. The van der Waals surface area contributed by atoms with E-state index in [1.807, 2.05) is 0 Å². The molecule has 18 heavy (non-hydrogen) atoms. The van der Waals surface area contributed by atoms with E-state index < -0.39 is 0 Å². The summed E-state index contributed by atoms with van der Waals surface area (Å²) in [5, 5.41) is 2.69. The van der Waals surface area contributed by atoms with E-state index in [0.717, 1.165) is 29.6 Å². The van der Waals surface area contributed by atoms with Crippen LogP contribution in [0.15, 0.2) is 4.99 Å². The van der Waals surface area contributed by atoms with Crippen molar-refractivity contribution in [3.63, 3.8) is 0 Å². The first kappa shape index (κ1) is 12.8. The zero-order valence-corrected chi connectivity index (χ0v) is 12.9. The monoisotopic (exact) mass is 263 g/mol. The second-order valence-electron chi connectivity index (χ2n) is 7.79. The van der Waals surface area contributed by atoms with Crippen LogP contribution in [0, 0.1) is 35.0 Å². The Hall–Kier alpha value is -0.200. The van der Waals surface area contributed by atoms with Crippen molar-refractivity contribution in [3.05, 3.63) is 0 Å². The van der Waals surface area contributed by atoms with Crippen molar-refractivity contribution in [1.29, 1.82) is 0 Å². The van der Waals surface area contributed by atoms with Crippen LogP contribution in [0.4, 0.5) is 0 Å². The average Bonchev–Trinajstić information content (AvgIpc) is 2.65. The van der Waals surface area contributed by atoms with Crippen LogP contribution in [0.5, 0.6) is 0 Å². The van der Waals surface area contributed by atoms with Gasteiger partial charge in [0.2, 0.25) is 0 Å². The highest BCUT2D eigenvalue weighted by Crippen LogP contribution is 2.71. The minimum Gasteiger partial charge on any atom is -0.226 e. The van der Waals surface area contributed by atoms with Gasteiger partial charge in [0.15, 0.2) is 0 Å². The van der Waals surface area contributed by atoms with Gasteiger partial charge in [-0.05, 0) is 73.4 Å². The number of isothiocyanates is 1. The summed E-state index contributed by atoms with van der Waals surface area (Å²) in [6.07, 6.45) is 5.29. The summed E-state index contributed by atoms with van der Waals surface area (Å²) >= 11 is 4.91. The number of aliphatic imine (C=N–C) groups is 1. The molecule has 0 aromatic carbocycles. The number of fused-ring (bicyclic) bond motifs is 3. The summed E-state index contributed by atoms with van der Waals surface area (Å²) in [4.78, 5) is 4.62. The molecule has 2 heteroatoms. The molecule has 3 aliphatic carbocycles. The molecular weight excluding hydrogens is 238 g/mol. The Bertz CT molecular complexity index is 409. The van der Waals surface area contributed by atoms with Crippen molar-refractivity contribution >= 4 is 17.4 Å². The van der Waals surface area contributed by atoms with Gasteiger partial charge in [-0.15, -0.1) is 0 Å². The summed E-state index contributed by atoms with van der Waals surface area (Å²) in [5.74, 6) is 4.39. The molecule has 0 aromatic rings. The SMILES string of the molecule is C[C@@H]1CC[C@H]2[C@H]1[C@H]1[C@@H](CC[C@]2(C)N=C=S)C1(C)C. The summed E-state index contributed by atoms with van der Waals surface area (Å²) in [6.45, 7) is 9.76. The third kappa shape index (κ3) is 1.58. The summed E-state index contributed by atoms with van der Waals surface area (Å²) in [7, 11) is 0. The molecule has 0 saturated heterocycles. The highest BCUT2D eigenvalue weighted by molar-refractivity contribution is 7.78. The highest BCUT2D eigenvalue weighted by atomic mass is 32.1. The number of hydrogen-bond acceptors (Lipinski definition) is 2. The average molecular weight is 263 g/mol. The number of thiocarbonyl (C=S) groups is 1. The van der Waals surface area contributed by atoms with E-state index in [9.17, 15) is 0 Å². The largest absolute Gasteiger partial charge is 0.226 e. The summed E-state index contributed by atoms with van der Waals surface area (Å²) < 4.78 is 0. The molecule has 0 N–H and O–H groups in total. The molecule has 0 aromatic heterocycles. The zero-order chi connectivity index (χ0) is 13.1. The Morgan fingerprint density at radius 2 is 1.83 bits per heavy atom. The molecule has 3 saturated carbocycles. The molecular formula is C16H25NS. The lowest BCUT2D eigenvalue weighted by molar-refractivity contribution is 0.176. The third-order valence-electron chi connectivity index (χ3n) is 6.67. The summed E-state index contributed by atoms with van der Waals surface area (Å²) in [5.41, 5.74) is 0.672. The van der Waals surface area contributed by atoms with Crippen molar-refractivity contribution in [2.75, 3.05) is 0 Å². The molecule has 1 nitrogen and oxygen atoms in total. The van der Waals surface area contributed by atoms with Crippen LogP contribution in [0.3, 0.4) is 0 Å². The maximum atomic E-state index is 4.91. The third-order valence-corrected chi connectivity index (χ3v) is 6.76. The second kappa shape index (κ2) is 3.90. The molecule has 3 aliphatic rings. The van der Waals surface area contributed by atoms with E-state index in [4.69, 9.17) is 12.2 Å². The van der Waals surface area contributed by atoms with Crippen LogP contribution >= 0.6 is 12.2 Å². The minimum absolute atomic E-state index is 0.0840. The van der Waals surface area contributed by atoms with Gasteiger partial charge in [-0.3, -0.25) is 0 Å². The van der Waals surface area contributed by atoms with Crippen molar-refractivity contribution in [2.45, 2.75) is 58.9 Å². The minimum atomic E-state index is 0.0840. The Kier molecular flexibility index (Phi) is 2.78. The first-order chi connectivity index (χ1) is 8.42. The molecule has 3 fully saturated rings. The van der Waals surface area contributed by atoms with Gasteiger partial charge in [-0.25, -0.2) is 4.99 Å². The smallest absolute Gasteiger partial charge is 0.0713 e. The zero-order valence-electron chi connectivity index (χ0n) is 12.1. The normalized spacial score (nSPS) is 52.8. The lowest BCUT2D eigenvalue weighted by Crippen LogP contribution is -2.36. The van der Waals surface area contributed by atoms with E-state index in [-0.39, 0.29) is 5.54 Å². The van der Waals surface area contributed by atoms with Crippen LogP contribution in [0.1, 0.15) is 53.4 Å². The van der Waals surface area contributed by atoms with E-state index >= 15 is 0 Å². The quantitative estimate of drug-likeness (QED) is 0.498. The van der Waals surface area contributed by atoms with Gasteiger partial charge in [0.05, 0.1) is 10.7 Å². The predicted molar refractivity (Wildman–Crippen MR) is 78.8 cm³/mol. The molecule has 3 rings (SSSR count). The fourth-order valence-corrected chi connectivity index (χ4v) is 5.74. The van der Waals surface area contributed by atoms with Crippen LogP contribution in [0.2, 0.25) is 0 Å². The number of nitrogens with zero attached hydrogens (tertiary/aromatic N) is 1. The maximum absolute atomic E-state index is 4.91. The van der Waals surface area contributed by atoms with Crippen LogP contribution in [0.25, 0.3) is 0 Å². The van der Waals surface area contributed by atoms with Gasteiger partial charge in [0, 0.05) is 0 Å². The molecule has 0 amide bonds. The molecule has 0 spiro atoms. The lowest BCUT2D eigenvalue weighted by Gasteiger charge is -2.35. The molecule has 0 radical (unpaired) electrons. The van der Waals surface area contributed by atoms with Gasteiger partial charge < -0.3 is 0 Å². The predicted octanol–water partition coefficient (Wildman–Crippen LogP) is 4.58. The maximum Gasteiger partial charge on any atom is 0.0713 e. The second-order valence-corrected chi connectivity index (χ2v) is 7.97. The lowest BCUT2D eigenvalue weighted by atomic mass is 9.73. The molecule has 0 heterocycles. The first-order valence-electron chi connectivity index (χ1n) is 7.51. The van der Waals surface area contributed by atoms with Gasteiger partial charge in [-0.2, -0.15) is 0 Å². The van der Waals surface area contributed by atoms with Gasteiger partial charge in [0.1, 0.15) is 0 Å². The molecule has 0 unspecified atom stereocenters. The molecule has 0 bridgehead atoms. The van der Waals surface area contributed by atoms with E-state index in [2.05, 4.69) is 37.8 Å². The molecule has 0 aliphatic heterocycles. The van der Waals surface area contributed by atoms with E-state index in [1.54, 1.807) is 0 Å². The fraction of sp³-hybridized carbons (Fsp3) is 0.938. The topological polar surface area (TPSA) is 12.4 Å². The van der Waals surface area contributed by atoms with Crippen LogP contribution in [-0.2, 0) is 0 Å². The first-order valence-corrected chi connectivity index (χ1v) is 7.91. The molecule has 100 valence electrons. The Labute approximate surface area is 116 Å². The van der Waals surface area contributed by atoms with Crippen LogP contribution in [-0.4, -0.2) is 10.7 Å². The van der Waals surface area contributed by atoms with Crippen molar-refractivity contribution in [1.82, 2.24) is 0 Å². The highest BCUT2D eigenvalue weighted by Gasteiger charge is 2.66. The van der Waals surface area contributed by atoms with Crippen molar-refractivity contribution in [2.24, 2.45) is 40.0 Å². The van der Waals surface area contributed by atoms with Gasteiger partial charge in [-0.1, -0.05) is 27.2 Å².